The number of rotatable bonds is 6. The molecule has 3 rings (SSSR count). The van der Waals surface area contributed by atoms with E-state index in [1.54, 1.807) is 12.3 Å². The summed E-state index contributed by atoms with van der Waals surface area (Å²) in [4.78, 5) is 19.5. The average Bonchev–Trinajstić information content (AvgIpc) is 3.04. The van der Waals surface area contributed by atoms with Crippen molar-refractivity contribution in [1.82, 2.24) is 15.3 Å². The van der Waals surface area contributed by atoms with Gasteiger partial charge in [-0.25, -0.2) is 4.98 Å². The number of nitrogens with two attached hydrogens (primary N) is 1. The second kappa shape index (κ2) is 10.9. The predicted octanol–water partition coefficient (Wildman–Crippen LogP) is 3.76. The second-order valence-electron chi connectivity index (χ2n) is 5.71. The number of aromatic amines is 1. The highest BCUT2D eigenvalue weighted by Gasteiger charge is 2.12. The Labute approximate surface area is 175 Å². The zero-order chi connectivity index (χ0) is 17.6. The van der Waals surface area contributed by atoms with E-state index in [1.165, 1.54) is 6.08 Å². The van der Waals surface area contributed by atoms with Gasteiger partial charge in [-0.3, -0.25) is 4.79 Å². The first-order valence-corrected chi connectivity index (χ1v) is 8.39. The number of carbonyl (C=O) groups excluding carboxylic acids is 1. The first-order chi connectivity index (χ1) is 12.2. The van der Waals surface area contributed by atoms with E-state index in [-0.39, 0.29) is 36.8 Å². The number of hydrogen-bond donors (Lipinski definition) is 3. The Morgan fingerprint density at radius 2 is 2.04 bits per heavy atom. The lowest BCUT2D eigenvalue weighted by Crippen LogP contribution is -2.41. The number of aromatic nitrogens is 2. The normalized spacial score (nSPS) is 11.6. The quantitative estimate of drug-likeness (QED) is 0.524. The van der Waals surface area contributed by atoms with Gasteiger partial charge in [-0.1, -0.05) is 29.8 Å². The molecular weight excluding hydrogens is 407 g/mol. The zero-order valence-electron chi connectivity index (χ0n) is 14.4. The minimum Gasteiger partial charge on any atom is -0.348 e. The number of hydrogen-bond acceptors (Lipinski definition) is 3. The van der Waals surface area contributed by atoms with Crippen molar-refractivity contribution >= 4 is 59.4 Å². The van der Waals surface area contributed by atoms with Crippen LogP contribution in [0.15, 0.2) is 54.9 Å². The van der Waals surface area contributed by atoms with E-state index in [1.807, 2.05) is 42.6 Å². The highest BCUT2D eigenvalue weighted by Crippen LogP contribution is 2.18. The molecule has 1 aromatic carbocycles. The van der Waals surface area contributed by atoms with Crippen LogP contribution < -0.4 is 11.1 Å². The van der Waals surface area contributed by atoms with Crippen LogP contribution in [0.3, 0.4) is 0 Å². The van der Waals surface area contributed by atoms with Gasteiger partial charge in [0.05, 0.1) is 0 Å². The third kappa shape index (κ3) is 5.97. The number of H-pyrrole nitrogens is 1. The molecule has 144 valence electrons. The Bertz CT molecular complexity index is 911. The summed E-state index contributed by atoms with van der Waals surface area (Å²) in [5.74, 6) is -0.194. The van der Waals surface area contributed by atoms with Crippen molar-refractivity contribution in [2.75, 3.05) is 6.54 Å². The maximum absolute atomic E-state index is 12.2. The molecule has 2 heterocycles. The van der Waals surface area contributed by atoms with Crippen LogP contribution in [0.2, 0.25) is 5.02 Å². The number of nitrogens with one attached hydrogen (secondary N) is 2. The lowest BCUT2D eigenvalue weighted by molar-refractivity contribution is -0.117. The number of benzene rings is 1. The Morgan fingerprint density at radius 3 is 2.78 bits per heavy atom. The van der Waals surface area contributed by atoms with Gasteiger partial charge in [0.15, 0.2) is 0 Å². The molecule has 3 aromatic rings. The molecule has 1 atom stereocenters. The standard InChI is InChI=1S/C19H19ClN4O.2ClH/c20-17-6-2-1-4-13(17)10-15(11-21)24-18(25)8-7-14-12-23-19-16(14)5-3-9-22-19;;/h1-9,12,15H,10-11,21H2,(H,22,23)(H,24,25);2*1H/b8-7+;;/t15-;;/m0../s1. The summed E-state index contributed by atoms with van der Waals surface area (Å²) in [6, 6.07) is 11.2. The molecule has 27 heavy (non-hydrogen) atoms. The fourth-order valence-electron chi connectivity index (χ4n) is 2.65. The van der Waals surface area contributed by atoms with E-state index in [4.69, 9.17) is 17.3 Å². The number of amides is 1. The Kier molecular flexibility index (Phi) is 9.32. The maximum Gasteiger partial charge on any atom is 0.244 e. The van der Waals surface area contributed by atoms with Gasteiger partial charge in [0, 0.05) is 47.0 Å². The van der Waals surface area contributed by atoms with E-state index in [0.717, 1.165) is 22.2 Å². The van der Waals surface area contributed by atoms with Crippen LogP contribution in [0.1, 0.15) is 11.1 Å². The maximum atomic E-state index is 12.2. The van der Waals surface area contributed by atoms with Crippen molar-refractivity contribution < 1.29 is 4.79 Å². The first kappa shape index (κ1) is 23.0. The van der Waals surface area contributed by atoms with Crippen molar-refractivity contribution in [3.05, 3.63) is 71.0 Å². The number of fused-ring (bicyclic) bond motifs is 1. The smallest absolute Gasteiger partial charge is 0.244 e. The molecular formula is C19H21Cl3N4O. The Morgan fingerprint density at radius 1 is 1.26 bits per heavy atom. The predicted molar refractivity (Wildman–Crippen MR) is 116 cm³/mol. The molecule has 4 N–H and O–H groups in total. The summed E-state index contributed by atoms with van der Waals surface area (Å²) in [5.41, 5.74) is 8.46. The van der Waals surface area contributed by atoms with Crippen LogP contribution in [0.25, 0.3) is 17.1 Å². The van der Waals surface area contributed by atoms with Gasteiger partial charge in [0.2, 0.25) is 5.91 Å². The van der Waals surface area contributed by atoms with Crippen molar-refractivity contribution in [2.45, 2.75) is 12.5 Å². The fourth-order valence-corrected chi connectivity index (χ4v) is 2.87. The molecule has 0 fully saturated rings. The summed E-state index contributed by atoms with van der Waals surface area (Å²) in [7, 11) is 0. The highest BCUT2D eigenvalue weighted by molar-refractivity contribution is 6.31. The SMILES string of the molecule is Cl.Cl.NC[C@H](Cc1ccccc1Cl)NC(=O)/C=C/c1c[nH]c2ncccc12. The Balaban J connectivity index is 0.00000182. The van der Waals surface area contributed by atoms with Crippen molar-refractivity contribution in [2.24, 2.45) is 5.73 Å². The topological polar surface area (TPSA) is 83.8 Å². The van der Waals surface area contributed by atoms with Crippen molar-refractivity contribution in [3.8, 4) is 0 Å². The second-order valence-corrected chi connectivity index (χ2v) is 6.12. The van der Waals surface area contributed by atoms with Gasteiger partial charge in [-0.2, -0.15) is 0 Å². The molecule has 5 nitrogen and oxygen atoms in total. The molecule has 0 bridgehead atoms. The van der Waals surface area contributed by atoms with Gasteiger partial charge < -0.3 is 16.0 Å². The summed E-state index contributed by atoms with van der Waals surface area (Å²) < 4.78 is 0. The van der Waals surface area contributed by atoms with E-state index in [2.05, 4.69) is 15.3 Å². The summed E-state index contributed by atoms with van der Waals surface area (Å²) in [5, 5.41) is 4.57. The number of pyridine rings is 1. The van der Waals surface area contributed by atoms with E-state index in [0.29, 0.717) is 18.0 Å². The minimum atomic E-state index is -0.194. The van der Waals surface area contributed by atoms with Crippen LogP contribution in [-0.2, 0) is 11.2 Å². The zero-order valence-corrected chi connectivity index (χ0v) is 16.8. The molecule has 0 saturated carbocycles. The molecule has 0 saturated heterocycles. The summed E-state index contributed by atoms with van der Waals surface area (Å²) in [6.45, 7) is 0.335. The van der Waals surface area contributed by atoms with E-state index < -0.39 is 0 Å². The van der Waals surface area contributed by atoms with Crippen molar-refractivity contribution in [3.63, 3.8) is 0 Å². The van der Waals surface area contributed by atoms with Gasteiger partial charge in [-0.15, -0.1) is 24.8 Å². The van der Waals surface area contributed by atoms with Gasteiger partial charge in [0.1, 0.15) is 5.65 Å². The summed E-state index contributed by atoms with van der Waals surface area (Å²) in [6.07, 6.45) is 7.40. The third-order valence-electron chi connectivity index (χ3n) is 3.95. The monoisotopic (exact) mass is 426 g/mol. The van der Waals surface area contributed by atoms with Crippen molar-refractivity contribution in [1.29, 1.82) is 0 Å². The van der Waals surface area contributed by atoms with Gasteiger partial charge in [0.25, 0.3) is 0 Å². The number of carbonyl (C=O) groups is 1. The molecule has 0 aliphatic rings. The van der Waals surface area contributed by atoms with Crippen LogP contribution in [0.4, 0.5) is 0 Å². The highest BCUT2D eigenvalue weighted by atomic mass is 35.5. The number of nitrogens with zero attached hydrogens (tertiary/aromatic N) is 1. The van der Waals surface area contributed by atoms with Crippen LogP contribution in [0, 0.1) is 0 Å². The van der Waals surface area contributed by atoms with Gasteiger partial charge >= 0.3 is 0 Å². The van der Waals surface area contributed by atoms with Crippen LogP contribution in [-0.4, -0.2) is 28.5 Å². The van der Waals surface area contributed by atoms with E-state index in [9.17, 15) is 4.79 Å². The van der Waals surface area contributed by atoms with Crippen LogP contribution >= 0.6 is 36.4 Å². The molecule has 1 amide bonds. The van der Waals surface area contributed by atoms with Crippen LogP contribution in [0.5, 0.6) is 0 Å². The number of halogens is 3. The lowest BCUT2D eigenvalue weighted by Gasteiger charge is -2.16. The summed E-state index contributed by atoms with van der Waals surface area (Å²) >= 11 is 6.17. The average molecular weight is 428 g/mol. The fraction of sp³-hybridized carbons (Fsp3) is 0.158. The molecule has 0 aliphatic heterocycles. The minimum absolute atomic E-state index is 0. The molecule has 0 radical (unpaired) electrons. The molecule has 0 unspecified atom stereocenters. The third-order valence-corrected chi connectivity index (χ3v) is 4.32. The Hall–Kier alpha value is -2.05. The lowest BCUT2D eigenvalue weighted by atomic mass is 10.1. The van der Waals surface area contributed by atoms with E-state index >= 15 is 0 Å². The first-order valence-electron chi connectivity index (χ1n) is 8.01. The van der Waals surface area contributed by atoms with Gasteiger partial charge in [-0.05, 0) is 36.3 Å². The molecule has 2 aromatic heterocycles. The largest absolute Gasteiger partial charge is 0.348 e. The molecule has 0 spiro atoms. The molecule has 8 heteroatoms. The molecule has 0 aliphatic carbocycles.